The molecule has 0 aliphatic carbocycles. The van der Waals surface area contributed by atoms with Crippen molar-refractivity contribution < 1.29 is 28.8 Å². The highest BCUT2D eigenvalue weighted by Crippen LogP contribution is 2.36. The van der Waals surface area contributed by atoms with Gasteiger partial charge in [-0.15, -0.1) is 0 Å². The van der Waals surface area contributed by atoms with Crippen molar-refractivity contribution in [1.82, 2.24) is 4.57 Å². The van der Waals surface area contributed by atoms with Gasteiger partial charge in [0.1, 0.15) is 0 Å². The SMILES string of the molecule is COC(=O)C1=C(C)N=c2sc(=Cc3cc(OC)c(OC(C)C)cc3Cl)c(=O)n2[C@@H]1c1ccc(O)c(OC)c1. The van der Waals surface area contributed by atoms with Crippen LogP contribution in [0.5, 0.6) is 23.0 Å². The minimum absolute atomic E-state index is 0.0718. The van der Waals surface area contributed by atoms with Crippen molar-refractivity contribution in [2.45, 2.75) is 32.9 Å². The molecular weight excluding hydrogens is 532 g/mol. The molecule has 3 aromatic rings. The van der Waals surface area contributed by atoms with Gasteiger partial charge in [0.05, 0.1) is 54.3 Å². The lowest BCUT2D eigenvalue weighted by atomic mass is 9.95. The van der Waals surface area contributed by atoms with Crippen molar-refractivity contribution in [1.29, 1.82) is 0 Å². The van der Waals surface area contributed by atoms with Crippen LogP contribution >= 0.6 is 22.9 Å². The molecule has 11 heteroatoms. The summed E-state index contributed by atoms with van der Waals surface area (Å²) >= 11 is 7.71. The van der Waals surface area contributed by atoms with Gasteiger partial charge in [0.15, 0.2) is 27.8 Å². The summed E-state index contributed by atoms with van der Waals surface area (Å²) in [5.41, 5.74) is 1.33. The fourth-order valence-corrected chi connectivity index (χ4v) is 5.43. The summed E-state index contributed by atoms with van der Waals surface area (Å²) in [6.45, 7) is 5.47. The third kappa shape index (κ3) is 5.01. The summed E-state index contributed by atoms with van der Waals surface area (Å²) in [4.78, 5) is 31.6. The van der Waals surface area contributed by atoms with E-state index in [1.807, 2.05) is 13.8 Å². The van der Waals surface area contributed by atoms with Gasteiger partial charge in [-0.3, -0.25) is 9.36 Å². The van der Waals surface area contributed by atoms with E-state index in [1.165, 1.54) is 32.0 Å². The number of rotatable bonds is 7. The van der Waals surface area contributed by atoms with E-state index in [1.54, 1.807) is 37.3 Å². The van der Waals surface area contributed by atoms with Crippen LogP contribution in [0.2, 0.25) is 5.02 Å². The summed E-state index contributed by atoms with van der Waals surface area (Å²) in [6, 6.07) is 7.13. The van der Waals surface area contributed by atoms with Crippen molar-refractivity contribution in [2.75, 3.05) is 21.3 Å². The van der Waals surface area contributed by atoms with Gasteiger partial charge >= 0.3 is 5.97 Å². The van der Waals surface area contributed by atoms with Crippen LogP contribution in [-0.4, -0.2) is 43.1 Å². The second kappa shape index (κ2) is 10.9. The zero-order valence-corrected chi connectivity index (χ0v) is 23.3. The molecule has 0 saturated carbocycles. The van der Waals surface area contributed by atoms with Crippen molar-refractivity contribution in [3.8, 4) is 23.0 Å². The summed E-state index contributed by atoms with van der Waals surface area (Å²) < 4.78 is 23.3. The van der Waals surface area contributed by atoms with E-state index in [9.17, 15) is 14.7 Å². The number of halogens is 1. The lowest BCUT2D eigenvalue weighted by Gasteiger charge is -2.24. The number of methoxy groups -OCH3 is 3. The molecule has 0 unspecified atom stereocenters. The van der Waals surface area contributed by atoms with Gasteiger partial charge in [0.25, 0.3) is 5.56 Å². The largest absolute Gasteiger partial charge is 0.504 e. The fourth-order valence-electron chi connectivity index (χ4n) is 4.18. The molecule has 9 nitrogen and oxygen atoms in total. The molecule has 1 aliphatic heterocycles. The maximum atomic E-state index is 13.8. The standard InChI is InChI=1S/C27H27ClN2O7S/c1-13(2)37-21-12-17(28)16(10-20(21)35-5)11-22-25(32)30-24(15-7-8-18(31)19(9-15)34-4)23(26(33)36-6)14(3)29-27(30)38-22/h7-13,24,31H,1-6H3/t24-/m1/s1. The number of nitrogens with zero attached hydrogens (tertiary/aromatic N) is 2. The Balaban J connectivity index is 1.95. The van der Waals surface area contributed by atoms with E-state index in [-0.39, 0.29) is 28.7 Å². The number of aromatic nitrogens is 1. The van der Waals surface area contributed by atoms with Crippen molar-refractivity contribution >= 4 is 35.0 Å². The van der Waals surface area contributed by atoms with Gasteiger partial charge < -0.3 is 24.1 Å². The van der Waals surface area contributed by atoms with Crippen LogP contribution in [-0.2, 0) is 9.53 Å². The highest BCUT2D eigenvalue weighted by Gasteiger charge is 2.33. The molecule has 1 aromatic heterocycles. The average Bonchev–Trinajstić information content (AvgIpc) is 3.18. The summed E-state index contributed by atoms with van der Waals surface area (Å²) in [7, 11) is 4.21. The zero-order chi connectivity index (χ0) is 27.7. The number of phenolic OH excluding ortho intramolecular Hbond substituents is 1. The Bertz CT molecular complexity index is 1620. The fraction of sp³-hybridized carbons (Fsp3) is 0.296. The Kier molecular flexibility index (Phi) is 7.84. The number of allylic oxidation sites excluding steroid dienone is 1. The minimum atomic E-state index is -0.859. The van der Waals surface area contributed by atoms with Crippen LogP contribution in [0, 0.1) is 0 Å². The molecular formula is C27H27ClN2O7S. The quantitative estimate of drug-likeness (QED) is 0.442. The van der Waals surface area contributed by atoms with Crippen LogP contribution in [0.25, 0.3) is 6.08 Å². The molecule has 0 bridgehead atoms. The molecule has 0 radical (unpaired) electrons. The van der Waals surface area contributed by atoms with Gasteiger partial charge in [-0.1, -0.05) is 29.0 Å². The predicted molar refractivity (Wildman–Crippen MR) is 144 cm³/mol. The molecule has 2 aromatic carbocycles. The maximum absolute atomic E-state index is 13.8. The molecule has 2 heterocycles. The topological polar surface area (TPSA) is 109 Å². The van der Waals surface area contributed by atoms with E-state index < -0.39 is 12.0 Å². The summed E-state index contributed by atoms with van der Waals surface area (Å²) in [6.07, 6.45) is 1.57. The highest BCUT2D eigenvalue weighted by molar-refractivity contribution is 7.07. The van der Waals surface area contributed by atoms with E-state index >= 15 is 0 Å². The number of benzene rings is 2. The molecule has 4 rings (SSSR count). The number of fused-ring (bicyclic) bond motifs is 1. The van der Waals surface area contributed by atoms with Crippen LogP contribution < -0.4 is 29.1 Å². The Hall–Kier alpha value is -3.76. The molecule has 0 saturated heterocycles. The molecule has 0 amide bonds. The predicted octanol–water partition coefficient (Wildman–Crippen LogP) is 3.57. The molecule has 1 N–H and O–H groups in total. The normalized spacial score (nSPS) is 15.3. The Morgan fingerprint density at radius 2 is 1.84 bits per heavy atom. The van der Waals surface area contributed by atoms with E-state index in [0.717, 1.165) is 11.3 Å². The van der Waals surface area contributed by atoms with Crippen LogP contribution in [0.4, 0.5) is 0 Å². The first-order valence-corrected chi connectivity index (χ1v) is 12.8. The van der Waals surface area contributed by atoms with Gasteiger partial charge in [-0.2, -0.15) is 0 Å². The van der Waals surface area contributed by atoms with Crippen LogP contribution in [0.3, 0.4) is 0 Å². The Labute approximate surface area is 227 Å². The Morgan fingerprint density at radius 3 is 2.47 bits per heavy atom. The first kappa shape index (κ1) is 27.3. The third-order valence-corrected chi connectivity index (χ3v) is 7.19. The molecule has 200 valence electrons. The molecule has 0 fully saturated rings. The number of carbonyl (C=O) groups excluding carboxylic acids is 1. The van der Waals surface area contributed by atoms with Crippen molar-refractivity contribution in [2.24, 2.45) is 4.99 Å². The lowest BCUT2D eigenvalue weighted by molar-refractivity contribution is -0.136. The van der Waals surface area contributed by atoms with E-state index in [0.29, 0.717) is 42.7 Å². The first-order chi connectivity index (χ1) is 18.1. The number of hydrogen-bond donors (Lipinski definition) is 1. The lowest BCUT2D eigenvalue weighted by Crippen LogP contribution is -2.39. The number of aromatic hydroxyl groups is 1. The van der Waals surface area contributed by atoms with Crippen LogP contribution in [0.1, 0.15) is 37.9 Å². The first-order valence-electron chi connectivity index (χ1n) is 11.6. The molecule has 1 aliphatic rings. The van der Waals surface area contributed by atoms with Gasteiger partial charge in [-0.25, -0.2) is 9.79 Å². The third-order valence-electron chi connectivity index (χ3n) is 5.88. The number of thiazole rings is 1. The molecule has 1 atom stereocenters. The van der Waals surface area contributed by atoms with Gasteiger partial charge in [0, 0.05) is 6.07 Å². The van der Waals surface area contributed by atoms with Gasteiger partial charge in [-0.05, 0) is 56.2 Å². The number of ether oxygens (including phenoxy) is 4. The molecule has 0 spiro atoms. The smallest absolute Gasteiger partial charge is 0.338 e. The van der Waals surface area contributed by atoms with Gasteiger partial charge in [0.2, 0.25) is 0 Å². The van der Waals surface area contributed by atoms with Crippen molar-refractivity contribution in [3.05, 3.63) is 77.4 Å². The Morgan fingerprint density at radius 1 is 1.13 bits per heavy atom. The second-order valence-electron chi connectivity index (χ2n) is 8.70. The van der Waals surface area contributed by atoms with Crippen molar-refractivity contribution in [3.63, 3.8) is 0 Å². The summed E-state index contributed by atoms with van der Waals surface area (Å²) in [5.74, 6) is 0.473. The van der Waals surface area contributed by atoms with E-state index in [4.69, 9.17) is 30.5 Å². The number of hydrogen-bond acceptors (Lipinski definition) is 9. The monoisotopic (exact) mass is 558 g/mol. The molecule has 38 heavy (non-hydrogen) atoms. The zero-order valence-electron chi connectivity index (χ0n) is 21.7. The number of phenols is 1. The van der Waals surface area contributed by atoms with E-state index in [2.05, 4.69) is 4.99 Å². The number of carbonyl (C=O) groups is 1. The second-order valence-corrected chi connectivity index (χ2v) is 10.1. The maximum Gasteiger partial charge on any atom is 0.338 e. The highest BCUT2D eigenvalue weighted by atomic mass is 35.5. The number of esters is 1. The van der Waals surface area contributed by atoms with Crippen LogP contribution in [0.15, 0.2) is 51.4 Å². The average molecular weight is 559 g/mol. The minimum Gasteiger partial charge on any atom is -0.504 e. The summed E-state index contributed by atoms with van der Waals surface area (Å²) in [5, 5.41) is 10.5.